The molecule has 0 radical (unpaired) electrons. The van der Waals surface area contributed by atoms with Gasteiger partial charge >= 0.3 is 0 Å². The van der Waals surface area contributed by atoms with Gasteiger partial charge in [-0.1, -0.05) is 17.8 Å². The minimum Gasteiger partial charge on any atom is -0.493 e. The summed E-state index contributed by atoms with van der Waals surface area (Å²) in [7, 11) is 0. The predicted octanol–water partition coefficient (Wildman–Crippen LogP) is 3.34. The lowest BCUT2D eigenvalue weighted by Gasteiger charge is -2.12. The van der Waals surface area contributed by atoms with Crippen molar-refractivity contribution in [1.82, 2.24) is 24.9 Å². The number of amides is 1. The van der Waals surface area contributed by atoms with E-state index in [1.807, 2.05) is 19.9 Å². The topological polar surface area (TPSA) is 81.4 Å². The minimum atomic E-state index is -0.0442. The number of thioether (sulfide) groups is 1. The van der Waals surface area contributed by atoms with Gasteiger partial charge in [0.15, 0.2) is 0 Å². The first-order valence-corrected chi connectivity index (χ1v) is 10.6. The summed E-state index contributed by atoms with van der Waals surface area (Å²) in [6.07, 6.45) is 0.748. The van der Waals surface area contributed by atoms with E-state index >= 15 is 0 Å². The summed E-state index contributed by atoms with van der Waals surface area (Å²) in [5.74, 6) is 1.70. The van der Waals surface area contributed by atoms with Crippen molar-refractivity contribution in [2.24, 2.45) is 0 Å². The maximum Gasteiger partial charge on any atom is 0.253 e. The molecule has 0 unspecified atom stereocenters. The van der Waals surface area contributed by atoms with Crippen molar-refractivity contribution >= 4 is 23.4 Å². The van der Waals surface area contributed by atoms with E-state index in [1.54, 1.807) is 4.52 Å². The summed E-state index contributed by atoms with van der Waals surface area (Å²) >= 11 is 1.31. The molecule has 1 N–H and O–H groups in total. The Morgan fingerprint density at radius 3 is 2.72 bits per heavy atom. The molecular weight excluding hydrogens is 386 g/mol. The second kappa shape index (κ2) is 9.26. The highest BCUT2D eigenvalue weighted by Gasteiger charge is 2.10. The summed E-state index contributed by atoms with van der Waals surface area (Å²) in [4.78, 5) is 20.8. The number of rotatable bonds is 8. The first-order chi connectivity index (χ1) is 13.8. The number of hydrogen-bond acceptors (Lipinski definition) is 6. The Labute approximate surface area is 175 Å². The highest BCUT2D eigenvalue weighted by atomic mass is 32.2. The Morgan fingerprint density at radius 1 is 1.14 bits per heavy atom. The fraction of sp³-hybridized carbons (Fsp3) is 0.429. The molecule has 3 rings (SSSR count). The zero-order valence-corrected chi connectivity index (χ0v) is 18.4. The van der Waals surface area contributed by atoms with Crippen molar-refractivity contribution < 1.29 is 9.53 Å². The summed E-state index contributed by atoms with van der Waals surface area (Å²) in [6, 6.07) is 6.15. The molecule has 2 heterocycles. The van der Waals surface area contributed by atoms with Gasteiger partial charge in [-0.25, -0.2) is 9.50 Å². The largest absolute Gasteiger partial charge is 0.493 e. The molecule has 1 amide bonds. The van der Waals surface area contributed by atoms with E-state index in [0.717, 1.165) is 29.1 Å². The van der Waals surface area contributed by atoms with Crippen LogP contribution in [0.5, 0.6) is 5.75 Å². The maximum absolute atomic E-state index is 12.1. The van der Waals surface area contributed by atoms with Crippen LogP contribution in [0.25, 0.3) is 5.78 Å². The number of fused-ring (bicyclic) bond motifs is 1. The monoisotopic (exact) mass is 413 g/mol. The lowest BCUT2D eigenvalue weighted by molar-refractivity contribution is -0.118. The molecule has 7 nitrogen and oxygen atoms in total. The van der Waals surface area contributed by atoms with E-state index in [9.17, 15) is 4.79 Å². The average Bonchev–Trinajstić information content (AvgIpc) is 3.06. The molecule has 0 spiro atoms. The highest BCUT2D eigenvalue weighted by Crippen LogP contribution is 2.23. The molecule has 2 aromatic heterocycles. The molecule has 154 valence electrons. The van der Waals surface area contributed by atoms with E-state index in [0.29, 0.717) is 24.1 Å². The van der Waals surface area contributed by atoms with Crippen LogP contribution in [0.15, 0.2) is 23.4 Å². The van der Waals surface area contributed by atoms with Gasteiger partial charge < -0.3 is 10.1 Å². The number of carbonyl (C=O) groups is 1. The van der Waals surface area contributed by atoms with Gasteiger partial charge in [-0.05, 0) is 69.9 Å². The average molecular weight is 414 g/mol. The Balaban J connectivity index is 1.40. The second-order valence-corrected chi connectivity index (χ2v) is 8.13. The SMILES string of the molecule is Cc1cc(C)c(C)c(OCCCNC(=O)CSc2nc3nc(C)cc(C)n3n2)c1. The van der Waals surface area contributed by atoms with Crippen LogP contribution in [0.3, 0.4) is 0 Å². The van der Waals surface area contributed by atoms with E-state index in [2.05, 4.69) is 53.3 Å². The number of hydrogen-bond donors (Lipinski definition) is 1. The molecule has 1 aromatic carbocycles. The molecule has 0 aliphatic carbocycles. The Kier molecular flexibility index (Phi) is 6.74. The zero-order valence-electron chi connectivity index (χ0n) is 17.6. The van der Waals surface area contributed by atoms with Gasteiger partial charge in [-0.15, -0.1) is 5.10 Å². The number of benzene rings is 1. The van der Waals surface area contributed by atoms with E-state index in [4.69, 9.17) is 4.74 Å². The van der Waals surface area contributed by atoms with Crippen molar-refractivity contribution in [2.75, 3.05) is 18.9 Å². The number of aromatic nitrogens is 4. The third-order valence-corrected chi connectivity index (χ3v) is 5.43. The second-order valence-electron chi connectivity index (χ2n) is 7.19. The van der Waals surface area contributed by atoms with Crippen LogP contribution in [0.1, 0.15) is 34.5 Å². The Hall–Kier alpha value is -2.61. The number of carbonyl (C=O) groups excluding carboxylic acids is 1. The molecule has 8 heteroatoms. The molecule has 0 aliphatic rings. The highest BCUT2D eigenvalue weighted by molar-refractivity contribution is 7.99. The number of nitrogens with zero attached hydrogens (tertiary/aromatic N) is 4. The van der Waals surface area contributed by atoms with Crippen LogP contribution in [-0.2, 0) is 4.79 Å². The van der Waals surface area contributed by atoms with Crippen LogP contribution in [0, 0.1) is 34.6 Å². The van der Waals surface area contributed by atoms with Crippen LogP contribution < -0.4 is 10.1 Å². The Morgan fingerprint density at radius 2 is 1.93 bits per heavy atom. The fourth-order valence-electron chi connectivity index (χ4n) is 3.02. The lowest BCUT2D eigenvalue weighted by atomic mass is 10.1. The first-order valence-electron chi connectivity index (χ1n) is 9.64. The van der Waals surface area contributed by atoms with Crippen molar-refractivity contribution in [1.29, 1.82) is 0 Å². The minimum absolute atomic E-state index is 0.0442. The van der Waals surface area contributed by atoms with Crippen LogP contribution in [0.4, 0.5) is 0 Å². The van der Waals surface area contributed by atoms with Crippen molar-refractivity contribution in [2.45, 2.75) is 46.2 Å². The lowest BCUT2D eigenvalue weighted by Crippen LogP contribution is -2.27. The zero-order chi connectivity index (χ0) is 21.0. The number of nitrogens with one attached hydrogen (secondary N) is 1. The quantitative estimate of drug-likeness (QED) is 0.451. The van der Waals surface area contributed by atoms with Crippen LogP contribution in [-0.4, -0.2) is 44.4 Å². The molecule has 3 aromatic rings. The van der Waals surface area contributed by atoms with E-state index in [-0.39, 0.29) is 11.7 Å². The maximum atomic E-state index is 12.1. The van der Waals surface area contributed by atoms with Crippen molar-refractivity contribution in [3.63, 3.8) is 0 Å². The molecule has 0 aliphatic heterocycles. The first kappa shape index (κ1) is 21.1. The summed E-state index contributed by atoms with van der Waals surface area (Å²) in [5, 5.41) is 7.86. The number of ether oxygens (including phenoxy) is 1. The van der Waals surface area contributed by atoms with Gasteiger partial charge in [-0.2, -0.15) is 4.98 Å². The fourth-order valence-corrected chi connectivity index (χ4v) is 3.67. The third kappa shape index (κ3) is 5.47. The van der Waals surface area contributed by atoms with Gasteiger partial charge in [0.2, 0.25) is 11.1 Å². The summed E-state index contributed by atoms with van der Waals surface area (Å²) < 4.78 is 7.57. The van der Waals surface area contributed by atoms with Crippen LogP contribution in [0.2, 0.25) is 0 Å². The molecule has 0 atom stereocenters. The molecule has 29 heavy (non-hydrogen) atoms. The number of aryl methyl sites for hydroxylation is 4. The predicted molar refractivity (Wildman–Crippen MR) is 115 cm³/mol. The molecular formula is C21H27N5O2S. The normalized spacial score (nSPS) is 11.1. The van der Waals surface area contributed by atoms with Gasteiger partial charge in [0.25, 0.3) is 5.78 Å². The molecule has 0 saturated carbocycles. The Bertz CT molecular complexity index is 1030. The van der Waals surface area contributed by atoms with Gasteiger partial charge in [-0.3, -0.25) is 4.79 Å². The third-order valence-electron chi connectivity index (χ3n) is 4.60. The van der Waals surface area contributed by atoms with E-state index in [1.165, 1.54) is 22.9 Å². The van der Waals surface area contributed by atoms with Gasteiger partial charge in [0.05, 0.1) is 12.4 Å². The van der Waals surface area contributed by atoms with E-state index < -0.39 is 0 Å². The molecule has 0 bridgehead atoms. The summed E-state index contributed by atoms with van der Waals surface area (Å²) in [5.41, 5.74) is 5.45. The summed E-state index contributed by atoms with van der Waals surface area (Å²) in [6.45, 7) is 11.2. The van der Waals surface area contributed by atoms with Crippen LogP contribution >= 0.6 is 11.8 Å². The molecule has 0 saturated heterocycles. The van der Waals surface area contributed by atoms with Crippen molar-refractivity contribution in [3.05, 3.63) is 46.3 Å². The van der Waals surface area contributed by atoms with Crippen molar-refractivity contribution in [3.8, 4) is 5.75 Å². The smallest absolute Gasteiger partial charge is 0.253 e. The standard InChI is InChI=1S/C21H27N5O2S/c1-13-9-14(2)17(5)18(10-13)28-8-6-7-22-19(27)12-29-21-24-20-23-15(3)11-16(4)26(20)25-21/h9-11H,6-8,12H2,1-5H3,(H,22,27). The van der Waals surface area contributed by atoms with Gasteiger partial charge in [0.1, 0.15) is 5.75 Å². The van der Waals surface area contributed by atoms with Gasteiger partial charge in [0, 0.05) is 17.9 Å². The molecule has 0 fully saturated rings.